The van der Waals surface area contributed by atoms with Crippen LogP contribution in [0.25, 0.3) is 16.7 Å². The number of aromatic nitrogens is 5. The van der Waals surface area contributed by atoms with Gasteiger partial charge in [-0.15, -0.1) is 0 Å². The molecular weight excluding hydrogens is 418 g/mol. The first-order chi connectivity index (χ1) is 16.0. The van der Waals surface area contributed by atoms with E-state index in [4.69, 9.17) is 5.10 Å². The molecule has 0 bridgehead atoms. The zero-order valence-corrected chi connectivity index (χ0v) is 18.8. The fourth-order valence-corrected chi connectivity index (χ4v) is 4.33. The van der Waals surface area contributed by atoms with E-state index < -0.39 is 0 Å². The van der Waals surface area contributed by atoms with Gasteiger partial charge in [0.15, 0.2) is 0 Å². The van der Waals surface area contributed by atoms with Crippen LogP contribution in [0.15, 0.2) is 41.5 Å². The van der Waals surface area contributed by atoms with Crippen LogP contribution < -0.4 is 10.9 Å². The number of rotatable bonds is 5. The molecule has 0 fully saturated rings. The van der Waals surface area contributed by atoms with Crippen LogP contribution in [0.1, 0.15) is 45.5 Å². The molecule has 0 spiro atoms. The minimum Gasteiger partial charge on any atom is -0.354 e. The first-order valence-electron chi connectivity index (χ1n) is 11.0. The number of nitrogens with one attached hydrogen (secondary N) is 2. The Hall–Kier alpha value is -3.85. The molecule has 1 aliphatic rings. The third-order valence-electron chi connectivity index (χ3n) is 6.14. The van der Waals surface area contributed by atoms with E-state index in [0.717, 1.165) is 58.9 Å². The van der Waals surface area contributed by atoms with E-state index in [0.29, 0.717) is 12.1 Å². The lowest BCUT2D eigenvalue weighted by molar-refractivity contribution is 0.0958. The Kier molecular flexibility index (Phi) is 5.26. The smallest absolute Gasteiger partial charge is 0.269 e. The molecule has 1 amide bonds. The predicted molar refractivity (Wildman–Crippen MR) is 124 cm³/mol. The third-order valence-corrected chi connectivity index (χ3v) is 6.14. The normalized spacial score (nSPS) is 13.4. The van der Waals surface area contributed by atoms with Crippen LogP contribution in [0.3, 0.4) is 0 Å². The molecule has 33 heavy (non-hydrogen) atoms. The highest BCUT2D eigenvalue weighted by Crippen LogP contribution is 2.28. The second-order valence-electron chi connectivity index (χ2n) is 8.30. The van der Waals surface area contributed by atoms with E-state index in [1.807, 2.05) is 36.0 Å². The fourth-order valence-electron chi connectivity index (χ4n) is 4.33. The Morgan fingerprint density at radius 1 is 1.18 bits per heavy atom. The second-order valence-corrected chi connectivity index (χ2v) is 8.30. The van der Waals surface area contributed by atoms with Gasteiger partial charge < -0.3 is 10.3 Å². The third kappa shape index (κ3) is 3.80. The van der Waals surface area contributed by atoms with Crippen molar-refractivity contribution in [1.82, 2.24) is 34.9 Å². The van der Waals surface area contributed by atoms with Crippen LogP contribution in [-0.4, -0.2) is 42.6 Å². The molecule has 168 valence electrons. The van der Waals surface area contributed by atoms with Crippen LogP contribution in [0.5, 0.6) is 0 Å². The van der Waals surface area contributed by atoms with Gasteiger partial charge in [0, 0.05) is 49.7 Å². The molecule has 0 aromatic carbocycles. The van der Waals surface area contributed by atoms with E-state index in [-0.39, 0.29) is 11.5 Å². The Morgan fingerprint density at radius 2 is 2.03 bits per heavy atom. The average molecular weight is 444 g/mol. The molecule has 9 nitrogen and oxygen atoms in total. The van der Waals surface area contributed by atoms with Gasteiger partial charge in [-0.1, -0.05) is 6.92 Å². The molecule has 9 heteroatoms. The number of amides is 1. The topological polar surface area (TPSA) is 109 Å². The Bertz CT molecular complexity index is 1420. The average Bonchev–Trinajstić information content (AvgIpc) is 3.36. The maximum atomic E-state index is 12.2. The SMILES string of the molecule is CCc1cc2ncc(CN3Cc4nn(-c5ccc(C(=O)NC)nc5)c(C)c4C3)cc2[nH]c1=O. The molecule has 5 rings (SSSR count). The summed E-state index contributed by atoms with van der Waals surface area (Å²) in [6.45, 7) is 6.25. The highest BCUT2D eigenvalue weighted by molar-refractivity contribution is 5.92. The van der Waals surface area contributed by atoms with Gasteiger partial charge >= 0.3 is 0 Å². The molecule has 0 unspecified atom stereocenters. The first kappa shape index (κ1) is 21.0. The van der Waals surface area contributed by atoms with E-state index in [1.54, 1.807) is 19.3 Å². The quantitative estimate of drug-likeness (QED) is 0.490. The number of carbonyl (C=O) groups excluding carboxylic acids is 1. The molecule has 1 aliphatic heterocycles. The second kappa shape index (κ2) is 8.25. The Morgan fingerprint density at radius 3 is 2.73 bits per heavy atom. The van der Waals surface area contributed by atoms with Gasteiger partial charge in [-0.05, 0) is 43.2 Å². The number of pyridine rings is 3. The van der Waals surface area contributed by atoms with Crippen LogP contribution in [-0.2, 0) is 26.1 Å². The van der Waals surface area contributed by atoms with Crippen LogP contribution in [0.4, 0.5) is 0 Å². The number of aryl methyl sites for hydroxylation is 1. The van der Waals surface area contributed by atoms with Crippen molar-refractivity contribution in [2.75, 3.05) is 7.05 Å². The fraction of sp³-hybridized carbons (Fsp3) is 0.292. The zero-order chi connectivity index (χ0) is 23.1. The molecule has 5 heterocycles. The van der Waals surface area contributed by atoms with Gasteiger partial charge in [-0.25, -0.2) is 9.67 Å². The minimum atomic E-state index is -0.213. The monoisotopic (exact) mass is 443 g/mol. The standard InChI is InChI=1S/C24H25N7O2/c1-4-16-8-20-21(28-23(16)32)7-15(9-26-20)11-30-12-18-14(2)31(29-22(18)13-30)17-5-6-19(27-10-17)24(33)25-3/h5-10H,4,11-13H2,1-3H3,(H,25,33)(H,28,32). The number of hydrogen-bond acceptors (Lipinski definition) is 6. The molecule has 2 N–H and O–H groups in total. The number of aromatic amines is 1. The van der Waals surface area contributed by atoms with Gasteiger partial charge in [0.05, 0.1) is 28.6 Å². The highest BCUT2D eigenvalue weighted by atomic mass is 16.1. The van der Waals surface area contributed by atoms with Crippen LogP contribution in [0, 0.1) is 6.92 Å². The van der Waals surface area contributed by atoms with E-state index >= 15 is 0 Å². The Labute approximate surface area is 190 Å². The van der Waals surface area contributed by atoms with Crippen LogP contribution in [0.2, 0.25) is 0 Å². The van der Waals surface area contributed by atoms with Crippen molar-refractivity contribution in [2.45, 2.75) is 39.9 Å². The number of hydrogen-bond donors (Lipinski definition) is 2. The summed E-state index contributed by atoms with van der Waals surface area (Å²) in [7, 11) is 1.58. The lowest BCUT2D eigenvalue weighted by atomic mass is 10.1. The molecule has 4 aromatic heterocycles. The number of carbonyl (C=O) groups is 1. The van der Waals surface area contributed by atoms with Gasteiger partial charge in [0.1, 0.15) is 5.69 Å². The summed E-state index contributed by atoms with van der Waals surface area (Å²) in [6.07, 6.45) is 4.23. The highest BCUT2D eigenvalue weighted by Gasteiger charge is 2.26. The van der Waals surface area contributed by atoms with Gasteiger partial charge in [0.25, 0.3) is 11.5 Å². The van der Waals surface area contributed by atoms with Crippen molar-refractivity contribution in [3.63, 3.8) is 0 Å². The molecule has 0 aliphatic carbocycles. The number of H-pyrrole nitrogens is 1. The van der Waals surface area contributed by atoms with Crippen molar-refractivity contribution in [2.24, 2.45) is 0 Å². The van der Waals surface area contributed by atoms with E-state index in [1.165, 1.54) is 5.56 Å². The van der Waals surface area contributed by atoms with Crippen molar-refractivity contribution in [3.8, 4) is 5.69 Å². The lowest BCUT2D eigenvalue weighted by Gasteiger charge is -2.16. The summed E-state index contributed by atoms with van der Waals surface area (Å²) in [4.78, 5) is 37.9. The number of nitrogens with zero attached hydrogens (tertiary/aromatic N) is 5. The summed E-state index contributed by atoms with van der Waals surface area (Å²) < 4.78 is 1.89. The number of fused-ring (bicyclic) bond motifs is 2. The van der Waals surface area contributed by atoms with Gasteiger partial charge in [-0.2, -0.15) is 5.10 Å². The molecule has 0 saturated heterocycles. The zero-order valence-electron chi connectivity index (χ0n) is 18.8. The van der Waals surface area contributed by atoms with E-state index in [9.17, 15) is 9.59 Å². The largest absolute Gasteiger partial charge is 0.354 e. The van der Waals surface area contributed by atoms with Crippen molar-refractivity contribution in [1.29, 1.82) is 0 Å². The lowest BCUT2D eigenvalue weighted by Crippen LogP contribution is -2.19. The summed E-state index contributed by atoms with van der Waals surface area (Å²) in [5.41, 5.74) is 7.84. The van der Waals surface area contributed by atoms with Crippen molar-refractivity contribution >= 4 is 16.9 Å². The van der Waals surface area contributed by atoms with Gasteiger partial charge in [-0.3, -0.25) is 19.5 Å². The summed E-state index contributed by atoms with van der Waals surface area (Å²) in [5, 5.41) is 7.37. The Balaban J connectivity index is 1.33. The first-order valence-corrected chi connectivity index (χ1v) is 11.0. The van der Waals surface area contributed by atoms with Crippen LogP contribution >= 0.6 is 0 Å². The van der Waals surface area contributed by atoms with Crippen molar-refractivity contribution < 1.29 is 4.79 Å². The van der Waals surface area contributed by atoms with Gasteiger partial charge in [0.2, 0.25) is 0 Å². The molecule has 0 saturated carbocycles. The molecule has 0 radical (unpaired) electrons. The minimum absolute atomic E-state index is 0.0484. The maximum absolute atomic E-state index is 12.2. The van der Waals surface area contributed by atoms with Crippen molar-refractivity contribution in [3.05, 3.63) is 80.8 Å². The maximum Gasteiger partial charge on any atom is 0.269 e. The predicted octanol–water partition coefficient (Wildman–Crippen LogP) is 2.25. The molecule has 0 atom stereocenters. The summed E-state index contributed by atoms with van der Waals surface area (Å²) >= 11 is 0. The summed E-state index contributed by atoms with van der Waals surface area (Å²) in [6, 6.07) is 7.43. The molecule has 4 aromatic rings. The van der Waals surface area contributed by atoms with E-state index in [2.05, 4.69) is 32.1 Å². The molecular formula is C24H25N7O2. The summed E-state index contributed by atoms with van der Waals surface area (Å²) in [5.74, 6) is -0.213.